The lowest BCUT2D eigenvalue weighted by Crippen LogP contribution is -2.32. The van der Waals surface area contributed by atoms with Crippen molar-refractivity contribution >= 4 is 5.91 Å². The predicted molar refractivity (Wildman–Crippen MR) is 120 cm³/mol. The van der Waals surface area contributed by atoms with E-state index in [-0.39, 0.29) is 11.9 Å². The molecule has 0 radical (unpaired) electrons. The topological polar surface area (TPSA) is 99.2 Å². The van der Waals surface area contributed by atoms with Crippen LogP contribution in [0.4, 0.5) is 0 Å². The van der Waals surface area contributed by atoms with E-state index < -0.39 is 0 Å². The average Bonchev–Trinajstić information content (AvgIpc) is 3.60. The third-order valence-corrected chi connectivity index (χ3v) is 5.95. The zero-order chi connectivity index (χ0) is 22.9. The molecule has 0 saturated carbocycles. The first-order valence-corrected chi connectivity index (χ1v) is 10.8. The first-order chi connectivity index (χ1) is 16.0. The molecular weight excluding hydrogens is 420 g/mol. The van der Waals surface area contributed by atoms with Crippen LogP contribution in [0.5, 0.6) is 5.75 Å². The van der Waals surface area contributed by atoms with Crippen LogP contribution in [0, 0.1) is 13.8 Å². The Balaban J connectivity index is 1.46. The normalized spacial score (nSPS) is 15.7. The van der Waals surface area contributed by atoms with E-state index in [1.54, 1.807) is 19.5 Å². The number of aryl methyl sites for hydroxylation is 2. The predicted octanol–water partition coefficient (Wildman–Crippen LogP) is 3.92. The Morgan fingerprint density at radius 1 is 1.12 bits per heavy atom. The van der Waals surface area contributed by atoms with E-state index in [2.05, 4.69) is 20.3 Å². The summed E-state index contributed by atoms with van der Waals surface area (Å²) in [7, 11) is 1.62. The van der Waals surface area contributed by atoms with Crippen molar-refractivity contribution in [3.8, 4) is 22.9 Å². The summed E-state index contributed by atoms with van der Waals surface area (Å²) in [5, 5.41) is 12.7. The Labute approximate surface area is 191 Å². The Morgan fingerprint density at radius 3 is 2.73 bits per heavy atom. The number of benzene rings is 2. The highest BCUT2D eigenvalue weighted by Crippen LogP contribution is 2.34. The molecule has 1 aliphatic heterocycles. The molecule has 1 aliphatic rings. The van der Waals surface area contributed by atoms with E-state index in [1.807, 2.05) is 55.1 Å². The van der Waals surface area contributed by atoms with Gasteiger partial charge in [-0.3, -0.25) is 4.79 Å². The maximum Gasteiger partial charge on any atom is 0.258 e. The second-order valence-corrected chi connectivity index (χ2v) is 8.13. The molecule has 5 rings (SSSR count). The van der Waals surface area contributed by atoms with Crippen LogP contribution in [0.25, 0.3) is 17.1 Å². The molecular formula is C24H24N6O3. The maximum atomic E-state index is 13.6. The van der Waals surface area contributed by atoms with Gasteiger partial charge in [0.15, 0.2) is 5.82 Å². The molecule has 1 fully saturated rings. The van der Waals surface area contributed by atoms with E-state index in [1.165, 1.54) is 4.80 Å². The summed E-state index contributed by atoms with van der Waals surface area (Å²) in [5.41, 5.74) is 4.02. The second kappa shape index (κ2) is 8.50. The number of aromatic nitrogens is 5. The molecule has 9 nitrogen and oxygen atoms in total. The zero-order valence-electron chi connectivity index (χ0n) is 18.7. The lowest BCUT2D eigenvalue weighted by atomic mass is 10.1. The number of methoxy groups -OCH3 is 1. The summed E-state index contributed by atoms with van der Waals surface area (Å²) in [4.78, 5) is 21.6. The fourth-order valence-electron chi connectivity index (χ4n) is 4.20. The van der Waals surface area contributed by atoms with E-state index in [9.17, 15) is 4.79 Å². The van der Waals surface area contributed by atoms with Gasteiger partial charge in [-0.15, -0.1) is 0 Å². The molecule has 0 spiro atoms. The van der Waals surface area contributed by atoms with Crippen molar-refractivity contribution in [1.29, 1.82) is 0 Å². The highest BCUT2D eigenvalue weighted by Gasteiger charge is 2.35. The van der Waals surface area contributed by atoms with Crippen LogP contribution in [-0.2, 0) is 0 Å². The quantitative estimate of drug-likeness (QED) is 0.460. The largest absolute Gasteiger partial charge is 0.497 e. The summed E-state index contributed by atoms with van der Waals surface area (Å²) in [5.74, 6) is 1.53. The summed E-state index contributed by atoms with van der Waals surface area (Å²) in [6.45, 7) is 4.57. The molecule has 1 amide bonds. The van der Waals surface area contributed by atoms with Crippen molar-refractivity contribution in [3.63, 3.8) is 0 Å². The van der Waals surface area contributed by atoms with Gasteiger partial charge in [0.1, 0.15) is 5.75 Å². The smallest absolute Gasteiger partial charge is 0.258 e. The van der Waals surface area contributed by atoms with E-state index in [0.29, 0.717) is 35.3 Å². The van der Waals surface area contributed by atoms with Gasteiger partial charge in [0.2, 0.25) is 0 Å². The van der Waals surface area contributed by atoms with Crippen LogP contribution >= 0.6 is 0 Å². The summed E-state index contributed by atoms with van der Waals surface area (Å²) >= 11 is 0. The first kappa shape index (κ1) is 20.9. The second-order valence-electron chi connectivity index (χ2n) is 8.13. The third-order valence-electron chi connectivity index (χ3n) is 5.95. The molecule has 3 heterocycles. The van der Waals surface area contributed by atoms with Gasteiger partial charge in [-0.05, 0) is 62.1 Å². The number of rotatable bonds is 5. The minimum Gasteiger partial charge on any atom is -0.497 e. The number of carbonyl (C=O) groups excluding carboxylic acids is 1. The van der Waals surface area contributed by atoms with Gasteiger partial charge >= 0.3 is 0 Å². The van der Waals surface area contributed by atoms with Crippen molar-refractivity contribution in [3.05, 3.63) is 71.3 Å². The number of carbonyl (C=O) groups is 1. The van der Waals surface area contributed by atoms with Crippen molar-refractivity contribution < 1.29 is 14.1 Å². The average molecular weight is 444 g/mol. The van der Waals surface area contributed by atoms with Gasteiger partial charge in [-0.1, -0.05) is 17.3 Å². The minimum absolute atomic E-state index is 0.103. The van der Waals surface area contributed by atoms with Crippen LogP contribution in [-0.4, -0.2) is 49.6 Å². The maximum absolute atomic E-state index is 13.6. The molecule has 0 N–H and O–H groups in total. The van der Waals surface area contributed by atoms with Crippen molar-refractivity contribution in [1.82, 2.24) is 30.0 Å². The van der Waals surface area contributed by atoms with Gasteiger partial charge in [0, 0.05) is 12.1 Å². The van der Waals surface area contributed by atoms with Gasteiger partial charge in [0.05, 0.1) is 36.8 Å². The van der Waals surface area contributed by atoms with Gasteiger partial charge < -0.3 is 14.2 Å². The Hall–Kier alpha value is -4.01. The number of ether oxygens (including phenoxy) is 1. The SMILES string of the molecule is COc1ccc(C)c(-c2nc([C@@H]3CCCN3C(=O)c3ccc(C)cc3-n3nccn3)no2)c1. The van der Waals surface area contributed by atoms with Crippen LogP contribution in [0.2, 0.25) is 0 Å². The van der Waals surface area contributed by atoms with Gasteiger partial charge in [0.25, 0.3) is 11.8 Å². The van der Waals surface area contributed by atoms with Crippen LogP contribution in [0.3, 0.4) is 0 Å². The molecule has 4 aromatic rings. The standard InChI is InChI=1S/C24H24N6O3/c1-15-6-9-18(21(13-15)30-25-10-11-26-30)24(31)29-12-4-5-20(29)22-27-23(33-28-22)19-14-17(32-3)8-7-16(19)2/h6-11,13-14,20H,4-5,12H2,1-3H3/t20-/m0/s1. The lowest BCUT2D eigenvalue weighted by molar-refractivity contribution is 0.0728. The number of nitrogens with zero attached hydrogens (tertiary/aromatic N) is 6. The minimum atomic E-state index is -0.263. The summed E-state index contributed by atoms with van der Waals surface area (Å²) < 4.78 is 10.9. The van der Waals surface area contributed by atoms with Crippen LogP contribution < -0.4 is 4.74 Å². The van der Waals surface area contributed by atoms with Crippen LogP contribution in [0.15, 0.2) is 53.3 Å². The monoisotopic (exact) mass is 444 g/mol. The highest BCUT2D eigenvalue weighted by atomic mass is 16.5. The molecule has 0 unspecified atom stereocenters. The lowest BCUT2D eigenvalue weighted by Gasteiger charge is -2.23. The Kier molecular flexibility index (Phi) is 5.37. The van der Waals surface area contributed by atoms with Crippen molar-refractivity contribution in [2.75, 3.05) is 13.7 Å². The molecule has 2 aromatic heterocycles. The molecule has 168 valence electrons. The Bertz CT molecular complexity index is 1300. The first-order valence-electron chi connectivity index (χ1n) is 10.8. The molecule has 9 heteroatoms. The molecule has 0 bridgehead atoms. The highest BCUT2D eigenvalue weighted by molar-refractivity contribution is 5.98. The molecule has 0 aliphatic carbocycles. The molecule has 1 atom stereocenters. The number of amides is 1. The van der Waals surface area contributed by atoms with E-state index in [4.69, 9.17) is 9.26 Å². The van der Waals surface area contributed by atoms with Crippen LogP contribution in [0.1, 0.15) is 46.2 Å². The number of hydrogen-bond acceptors (Lipinski definition) is 7. The summed E-state index contributed by atoms with van der Waals surface area (Å²) in [6.07, 6.45) is 4.82. The molecule has 2 aromatic carbocycles. The summed E-state index contributed by atoms with van der Waals surface area (Å²) in [6, 6.07) is 11.1. The zero-order valence-corrected chi connectivity index (χ0v) is 18.7. The van der Waals surface area contributed by atoms with Crippen molar-refractivity contribution in [2.24, 2.45) is 0 Å². The van der Waals surface area contributed by atoms with Gasteiger partial charge in [-0.25, -0.2) is 0 Å². The third kappa shape index (κ3) is 3.86. The molecule has 1 saturated heterocycles. The molecule has 33 heavy (non-hydrogen) atoms. The van der Waals surface area contributed by atoms with E-state index >= 15 is 0 Å². The van der Waals surface area contributed by atoms with Gasteiger partial charge in [-0.2, -0.15) is 20.0 Å². The number of hydrogen-bond donors (Lipinski definition) is 0. The fourth-order valence-corrected chi connectivity index (χ4v) is 4.20. The number of likely N-dealkylation sites (tertiary alicyclic amines) is 1. The van der Waals surface area contributed by atoms with Crippen molar-refractivity contribution in [2.45, 2.75) is 32.7 Å². The Morgan fingerprint density at radius 2 is 1.94 bits per heavy atom. The fraction of sp³-hybridized carbons (Fsp3) is 0.292. The van der Waals surface area contributed by atoms with E-state index in [0.717, 1.165) is 29.5 Å².